The number of ether oxygens (including phenoxy) is 1. The maximum atomic E-state index is 12.6. The van der Waals surface area contributed by atoms with Gasteiger partial charge in [-0.05, 0) is 58.1 Å². The highest BCUT2D eigenvalue weighted by Gasteiger charge is 2.33. The zero-order chi connectivity index (χ0) is 16.3. The fourth-order valence-electron chi connectivity index (χ4n) is 2.66. The van der Waals surface area contributed by atoms with E-state index >= 15 is 0 Å². The van der Waals surface area contributed by atoms with Crippen LogP contribution in [-0.2, 0) is 4.79 Å². The summed E-state index contributed by atoms with van der Waals surface area (Å²) < 4.78 is 5.84. The average molecular weight is 305 g/mol. The second kappa shape index (κ2) is 7.11. The molecule has 0 aromatic heterocycles. The summed E-state index contributed by atoms with van der Waals surface area (Å²) in [5.41, 5.74) is 7.84. The minimum atomic E-state index is -0.381. The first-order valence-electron chi connectivity index (χ1n) is 7.96. The Morgan fingerprint density at radius 1 is 1.41 bits per heavy atom. The number of nitrogens with two attached hydrogens (primary N) is 1. The summed E-state index contributed by atoms with van der Waals surface area (Å²) in [5.74, 6) is 0.830. The number of hydrogen-bond donors (Lipinski definition) is 1. The van der Waals surface area contributed by atoms with Crippen molar-refractivity contribution < 1.29 is 9.53 Å². The number of fused-ring (bicyclic) bond motifs is 1. The topological polar surface area (TPSA) is 58.8 Å². The molecule has 0 fully saturated rings. The summed E-state index contributed by atoms with van der Waals surface area (Å²) in [7, 11) is 4.08. The van der Waals surface area contributed by atoms with Crippen LogP contribution in [0.4, 0.5) is 5.69 Å². The Hall–Kier alpha value is -1.59. The predicted molar refractivity (Wildman–Crippen MR) is 89.3 cm³/mol. The molecule has 2 unspecified atom stereocenters. The standard InChI is InChI=1S/C17H27N3O2/c1-5-15-17(21)20(10-6-9-19(3)4)14-11-13(12(2)18)7-8-16(14)22-15/h7-8,11-12,15H,5-6,9-10,18H2,1-4H3. The third-order valence-corrected chi connectivity index (χ3v) is 3.97. The van der Waals surface area contributed by atoms with Crippen LogP contribution in [-0.4, -0.2) is 44.1 Å². The van der Waals surface area contributed by atoms with Crippen LogP contribution in [0.5, 0.6) is 5.75 Å². The van der Waals surface area contributed by atoms with Gasteiger partial charge in [-0.15, -0.1) is 0 Å². The smallest absolute Gasteiger partial charge is 0.268 e. The van der Waals surface area contributed by atoms with E-state index in [2.05, 4.69) is 4.90 Å². The van der Waals surface area contributed by atoms with Crippen LogP contribution in [0.15, 0.2) is 18.2 Å². The van der Waals surface area contributed by atoms with Gasteiger partial charge in [0.2, 0.25) is 0 Å². The van der Waals surface area contributed by atoms with Crippen LogP contribution < -0.4 is 15.4 Å². The summed E-state index contributed by atoms with van der Waals surface area (Å²) in [6.45, 7) is 5.57. The maximum Gasteiger partial charge on any atom is 0.268 e. The first-order chi connectivity index (χ1) is 10.4. The Labute approximate surface area is 133 Å². The minimum absolute atomic E-state index is 0.0515. The van der Waals surface area contributed by atoms with Crippen molar-refractivity contribution in [3.05, 3.63) is 23.8 Å². The molecule has 5 nitrogen and oxygen atoms in total. The Balaban J connectivity index is 2.29. The molecule has 122 valence electrons. The minimum Gasteiger partial charge on any atom is -0.478 e. The van der Waals surface area contributed by atoms with E-state index in [1.165, 1.54) is 0 Å². The Bertz CT molecular complexity index is 529. The molecule has 0 saturated heterocycles. The zero-order valence-electron chi connectivity index (χ0n) is 14.0. The van der Waals surface area contributed by atoms with Crippen molar-refractivity contribution in [3.8, 4) is 5.75 Å². The number of nitrogens with zero attached hydrogens (tertiary/aromatic N) is 2. The van der Waals surface area contributed by atoms with Gasteiger partial charge in [0, 0.05) is 12.6 Å². The summed E-state index contributed by atoms with van der Waals surface area (Å²) in [5, 5.41) is 0. The number of hydrogen-bond acceptors (Lipinski definition) is 4. The summed E-state index contributed by atoms with van der Waals surface area (Å²) in [6, 6.07) is 5.83. The fraction of sp³-hybridized carbons (Fsp3) is 0.588. The van der Waals surface area contributed by atoms with Gasteiger partial charge in [0.1, 0.15) is 5.75 Å². The second-order valence-corrected chi connectivity index (χ2v) is 6.18. The van der Waals surface area contributed by atoms with Crippen molar-refractivity contribution in [1.29, 1.82) is 0 Å². The lowest BCUT2D eigenvalue weighted by Gasteiger charge is -2.35. The van der Waals surface area contributed by atoms with E-state index in [9.17, 15) is 4.79 Å². The molecule has 0 aliphatic carbocycles. The molecule has 22 heavy (non-hydrogen) atoms. The van der Waals surface area contributed by atoms with E-state index in [1.807, 2.05) is 51.0 Å². The molecule has 1 aliphatic heterocycles. The average Bonchev–Trinajstić information content (AvgIpc) is 2.48. The highest BCUT2D eigenvalue weighted by atomic mass is 16.5. The molecule has 1 aromatic carbocycles. The van der Waals surface area contributed by atoms with E-state index in [4.69, 9.17) is 10.5 Å². The third-order valence-electron chi connectivity index (χ3n) is 3.97. The maximum absolute atomic E-state index is 12.6. The van der Waals surface area contributed by atoms with Crippen molar-refractivity contribution in [1.82, 2.24) is 4.90 Å². The first-order valence-corrected chi connectivity index (χ1v) is 7.96. The van der Waals surface area contributed by atoms with E-state index in [0.29, 0.717) is 13.0 Å². The highest BCUT2D eigenvalue weighted by molar-refractivity contribution is 6.00. The van der Waals surface area contributed by atoms with Crippen LogP contribution in [0.25, 0.3) is 0 Å². The van der Waals surface area contributed by atoms with Gasteiger partial charge < -0.3 is 20.3 Å². The molecular weight excluding hydrogens is 278 g/mol. The lowest BCUT2D eigenvalue weighted by molar-refractivity contribution is -0.126. The lowest BCUT2D eigenvalue weighted by atomic mass is 10.0. The van der Waals surface area contributed by atoms with Crippen molar-refractivity contribution in [2.24, 2.45) is 5.73 Å². The normalized spacial score (nSPS) is 19.1. The molecule has 1 amide bonds. The van der Waals surface area contributed by atoms with E-state index in [1.54, 1.807) is 0 Å². The summed E-state index contributed by atoms with van der Waals surface area (Å²) in [4.78, 5) is 16.6. The Kier molecular flexibility index (Phi) is 5.42. The quantitative estimate of drug-likeness (QED) is 0.875. The van der Waals surface area contributed by atoms with Gasteiger partial charge in [-0.3, -0.25) is 4.79 Å². The van der Waals surface area contributed by atoms with Crippen LogP contribution in [0.2, 0.25) is 0 Å². The lowest BCUT2D eigenvalue weighted by Crippen LogP contribution is -2.46. The number of amides is 1. The van der Waals surface area contributed by atoms with Gasteiger partial charge in [0.25, 0.3) is 5.91 Å². The fourth-order valence-corrected chi connectivity index (χ4v) is 2.66. The number of anilines is 1. The molecule has 2 atom stereocenters. The van der Waals surface area contributed by atoms with E-state index < -0.39 is 0 Å². The molecule has 1 aliphatic rings. The van der Waals surface area contributed by atoms with Crippen LogP contribution in [0.1, 0.15) is 38.3 Å². The molecule has 2 N–H and O–H groups in total. The van der Waals surface area contributed by atoms with Gasteiger partial charge in [0.05, 0.1) is 5.69 Å². The molecule has 0 radical (unpaired) electrons. The number of carbonyl (C=O) groups excluding carboxylic acids is 1. The molecule has 0 spiro atoms. The van der Waals surface area contributed by atoms with Crippen LogP contribution >= 0.6 is 0 Å². The molecule has 2 rings (SSSR count). The van der Waals surface area contributed by atoms with Crippen LogP contribution in [0, 0.1) is 0 Å². The SMILES string of the molecule is CCC1Oc2ccc(C(C)N)cc2N(CCCN(C)C)C1=O. The van der Waals surface area contributed by atoms with Gasteiger partial charge in [-0.2, -0.15) is 0 Å². The summed E-state index contributed by atoms with van der Waals surface area (Å²) >= 11 is 0. The van der Waals surface area contributed by atoms with Crippen molar-refractivity contribution >= 4 is 11.6 Å². The van der Waals surface area contributed by atoms with Gasteiger partial charge in [0.15, 0.2) is 6.10 Å². The largest absolute Gasteiger partial charge is 0.478 e. The molecule has 0 saturated carbocycles. The number of benzene rings is 1. The Morgan fingerprint density at radius 2 is 2.14 bits per heavy atom. The molecule has 0 bridgehead atoms. The van der Waals surface area contributed by atoms with E-state index in [0.717, 1.165) is 30.0 Å². The predicted octanol–water partition coefficient (Wildman–Crippen LogP) is 2.16. The molecular formula is C17H27N3O2. The highest BCUT2D eigenvalue weighted by Crippen LogP contribution is 2.36. The third kappa shape index (κ3) is 3.59. The first kappa shape index (κ1) is 16.8. The summed E-state index contributed by atoms with van der Waals surface area (Å²) in [6.07, 6.45) is 1.22. The second-order valence-electron chi connectivity index (χ2n) is 6.18. The Morgan fingerprint density at radius 3 is 2.73 bits per heavy atom. The molecule has 1 aromatic rings. The van der Waals surface area contributed by atoms with Crippen molar-refractivity contribution in [2.45, 2.75) is 38.8 Å². The van der Waals surface area contributed by atoms with Gasteiger partial charge >= 0.3 is 0 Å². The van der Waals surface area contributed by atoms with Gasteiger partial charge in [-0.25, -0.2) is 0 Å². The molecule has 1 heterocycles. The monoisotopic (exact) mass is 305 g/mol. The van der Waals surface area contributed by atoms with E-state index in [-0.39, 0.29) is 18.1 Å². The van der Waals surface area contributed by atoms with Crippen molar-refractivity contribution in [2.75, 3.05) is 32.1 Å². The zero-order valence-corrected chi connectivity index (χ0v) is 14.0. The number of rotatable bonds is 6. The van der Waals surface area contributed by atoms with Crippen LogP contribution in [0.3, 0.4) is 0 Å². The van der Waals surface area contributed by atoms with Crippen molar-refractivity contribution in [3.63, 3.8) is 0 Å². The van der Waals surface area contributed by atoms with Gasteiger partial charge in [-0.1, -0.05) is 13.0 Å². The molecule has 5 heteroatoms. The number of carbonyl (C=O) groups is 1.